The number of anilines is 1. The molecular weight excluding hydrogens is 326 g/mol. The van der Waals surface area contributed by atoms with Gasteiger partial charge in [0.1, 0.15) is 12.1 Å². The number of nitrogens with zero attached hydrogens (tertiary/aromatic N) is 4. The van der Waals surface area contributed by atoms with E-state index in [0.717, 1.165) is 35.3 Å². The van der Waals surface area contributed by atoms with Gasteiger partial charge in [-0.25, -0.2) is 27.7 Å². The molecule has 0 unspecified atom stereocenters. The normalized spacial score (nSPS) is 19.5. The van der Waals surface area contributed by atoms with Crippen LogP contribution in [0.25, 0.3) is 11.0 Å². The van der Waals surface area contributed by atoms with Gasteiger partial charge in [-0.05, 0) is 44.2 Å². The van der Waals surface area contributed by atoms with E-state index < -0.39 is 10.0 Å². The first-order valence-corrected chi connectivity index (χ1v) is 9.97. The van der Waals surface area contributed by atoms with Crippen LogP contribution in [0.1, 0.15) is 24.1 Å². The summed E-state index contributed by atoms with van der Waals surface area (Å²) in [6, 6.07) is 2.02. The minimum absolute atomic E-state index is 0.275. The average molecular weight is 349 g/mol. The smallest absolute Gasteiger partial charge is 0.211 e. The van der Waals surface area contributed by atoms with Crippen molar-refractivity contribution in [1.82, 2.24) is 19.3 Å². The second kappa shape index (κ2) is 6.60. The van der Waals surface area contributed by atoms with Crippen LogP contribution in [0.4, 0.5) is 5.82 Å². The van der Waals surface area contributed by atoms with Gasteiger partial charge >= 0.3 is 0 Å². The number of pyridine rings is 1. The second-order valence-electron chi connectivity index (χ2n) is 6.51. The number of hydrogen-bond acceptors (Lipinski definition) is 6. The summed E-state index contributed by atoms with van der Waals surface area (Å²) >= 11 is 0. The highest BCUT2D eigenvalue weighted by molar-refractivity contribution is 7.88. The predicted molar refractivity (Wildman–Crippen MR) is 94.4 cm³/mol. The molecule has 3 rings (SSSR count). The van der Waals surface area contributed by atoms with Gasteiger partial charge in [0, 0.05) is 25.3 Å². The Balaban J connectivity index is 1.77. The molecule has 24 heavy (non-hydrogen) atoms. The molecule has 1 atom stereocenters. The molecule has 0 amide bonds. The maximum Gasteiger partial charge on any atom is 0.211 e. The molecule has 0 aliphatic carbocycles. The molecular formula is C16H23N5O2S. The zero-order chi connectivity index (χ0) is 17.3. The van der Waals surface area contributed by atoms with Crippen LogP contribution in [0.2, 0.25) is 0 Å². The number of sulfonamides is 1. The number of fused-ring (bicyclic) bond motifs is 1. The Morgan fingerprint density at radius 2 is 2.12 bits per heavy atom. The summed E-state index contributed by atoms with van der Waals surface area (Å²) in [6.45, 7) is 5.84. The maximum atomic E-state index is 11.7. The Morgan fingerprint density at radius 3 is 2.88 bits per heavy atom. The van der Waals surface area contributed by atoms with Gasteiger partial charge in [0.15, 0.2) is 5.65 Å². The van der Waals surface area contributed by atoms with Crippen LogP contribution in [0.3, 0.4) is 0 Å². The van der Waals surface area contributed by atoms with Gasteiger partial charge < -0.3 is 5.32 Å². The van der Waals surface area contributed by atoms with Gasteiger partial charge in [-0.1, -0.05) is 0 Å². The third-order valence-electron chi connectivity index (χ3n) is 4.44. The lowest BCUT2D eigenvalue weighted by Crippen LogP contribution is -2.41. The lowest BCUT2D eigenvalue weighted by Gasteiger charge is -2.31. The van der Waals surface area contributed by atoms with Crippen LogP contribution >= 0.6 is 0 Å². The van der Waals surface area contributed by atoms with Gasteiger partial charge in [0.25, 0.3) is 0 Å². The van der Waals surface area contributed by atoms with Crippen LogP contribution in [-0.2, 0) is 10.0 Å². The number of aromatic nitrogens is 3. The summed E-state index contributed by atoms with van der Waals surface area (Å²) in [5, 5.41) is 4.31. The van der Waals surface area contributed by atoms with Gasteiger partial charge in [0.05, 0.1) is 11.6 Å². The van der Waals surface area contributed by atoms with E-state index in [4.69, 9.17) is 0 Å². The molecule has 2 aromatic heterocycles. The molecule has 3 heterocycles. The first-order valence-electron chi connectivity index (χ1n) is 8.12. The Morgan fingerprint density at radius 1 is 1.33 bits per heavy atom. The van der Waals surface area contributed by atoms with Gasteiger partial charge in [-0.3, -0.25) is 0 Å². The van der Waals surface area contributed by atoms with Gasteiger partial charge in [-0.15, -0.1) is 0 Å². The molecule has 1 saturated heterocycles. The molecule has 8 heteroatoms. The highest BCUT2D eigenvalue weighted by Crippen LogP contribution is 2.24. The molecule has 0 spiro atoms. The summed E-state index contributed by atoms with van der Waals surface area (Å²) in [7, 11) is -3.12. The molecule has 1 fully saturated rings. The van der Waals surface area contributed by atoms with E-state index in [0.29, 0.717) is 25.3 Å². The van der Waals surface area contributed by atoms with E-state index in [2.05, 4.69) is 20.3 Å². The van der Waals surface area contributed by atoms with Crippen LogP contribution in [0.5, 0.6) is 0 Å². The molecule has 1 aliphatic heterocycles. The SMILES string of the molecule is Cc1cc(C)c2c(NC[C@H]3CCCN(S(C)(=O)=O)C3)ncnc2n1. The quantitative estimate of drug-likeness (QED) is 0.904. The van der Waals surface area contributed by atoms with Crippen LogP contribution in [-0.4, -0.2) is 53.6 Å². The van der Waals surface area contributed by atoms with Gasteiger partial charge in [0.2, 0.25) is 10.0 Å². The zero-order valence-corrected chi connectivity index (χ0v) is 15.1. The molecule has 130 valence electrons. The molecule has 0 aromatic carbocycles. The Bertz CT molecular complexity index is 853. The Labute approximate surface area is 142 Å². The lowest BCUT2D eigenvalue weighted by molar-refractivity contribution is 0.276. The van der Waals surface area contributed by atoms with Crippen LogP contribution in [0.15, 0.2) is 12.4 Å². The van der Waals surface area contributed by atoms with E-state index in [-0.39, 0.29) is 5.92 Å². The van der Waals surface area contributed by atoms with E-state index >= 15 is 0 Å². The van der Waals surface area contributed by atoms with Gasteiger partial charge in [-0.2, -0.15) is 0 Å². The van der Waals surface area contributed by atoms with Crippen molar-refractivity contribution in [2.75, 3.05) is 31.2 Å². The highest BCUT2D eigenvalue weighted by atomic mass is 32.2. The minimum atomic E-state index is -3.12. The second-order valence-corrected chi connectivity index (χ2v) is 8.49. The first kappa shape index (κ1) is 17.0. The molecule has 1 N–H and O–H groups in total. The summed E-state index contributed by atoms with van der Waals surface area (Å²) in [5.74, 6) is 1.04. The summed E-state index contributed by atoms with van der Waals surface area (Å²) < 4.78 is 25.0. The molecule has 7 nitrogen and oxygen atoms in total. The third-order valence-corrected chi connectivity index (χ3v) is 5.71. The largest absolute Gasteiger partial charge is 0.369 e. The van der Waals surface area contributed by atoms with E-state index in [1.807, 2.05) is 19.9 Å². The summed E-state index contributed by atoms with van der Waals surface area (Å²) in [5.41, 5.74) is 2.70. The third kappa shape index (κ3) is 3.64. The fraction of sp³-hybridized carbons (Fsp3) is 0.562. The van der Waals surface area contributed by atoms with Crippen molar-refractivity contribution in [3.05, 3.63) is 23.7 Å². The summed E-state index contributed by atoms with van der Waals surface area (Å²) in [4.78, 5) is 13.1. The topological polar surface area (TPSA) is 88.1 Å². The van der Waals surface area contributed by atoms with Crippen molar-refractivity contribution in [3.63, 3.8) is 0 Å². The number of piperidine rings is 1. The summed E-state index contributed by atoms with van der Waals surface area (Å²) in [6.07, 6.45) is 4.69. The average Bonchev–Trinajstić information content (AvgIpc) is 2.51. The molecule has 0 saturated carbocycles. The monoisotopic (exact) mass is 349 g/mol. The number of rotatable bonds is 4. The van der Waals surface area contributed by atoms with Crippen LogP contribution in [0, 0.1) is 19.8 Å². The van der Waals surface area contributed by atoms with Crippen molar-refractivity contribution in [3.8, 4) is 0 Å². The zero-order valence-electron chi connectivity index (χ0n) is 14.3. The first-order chi connectivity index (χ1) is 11.3. The molecule has 0 radical (unpaired) electrons. The van der Waals surface area contributed by atoms with E-state index in [9.17, 15) is 8.42 Å². The number of hydrogen-bond donors (Lipinski definition) is 1. The maximum absolute atomic E-state index is 11.7. The molecule has 2 aromatic rings. The van der Waals surface area contributed by atoms with Crippen molar-refractivity contribution in [2.24, 2.45) is 5.92 Å². The Hall–Kier alpha value is -1.80. The fourth-order valence-corrected chi connectivity index (χ4v) is 4.22. The van der Waals surface area contributed by atoms with E-state index in [1.54, 1.807) is 4.31 Å². The number of aryl methyl sites for hydroxylation is 2. The standard InChI is InChI=1S/C16H23N5O2S/c1-11-7-12(2)20-16-14(11)15(18-10-19-16)17-8-13-5-4-6-21(9-13)24(3,22)23/h7,10,13H,4-6,8-9H2,1-3H3,(H,17,18,19,20)/t13-/m1/s1. The minimum Gasteiger partial charge on any atom is -0.369 e. The number of nitrogens with one attached hydrogen (secondary N) is 1. The molecule has 1 aliphatic rings. The van der Waals surface area contributed by atoms with Crippen molar-refractivity contribution < 1.29 is 8.42 Å². The predicted octanol–water partition coefficient (Wildman–Crippen LogP) is 1.73. The van der Waals surface area contributed by atoms with Crippen molar-refractivity contribution in [2.45, 2.75) is 26.7 Å². The molecule has 0 bridgehead atoms. The lowest BCUT2D eigenvalue weighted by atomic mass is 9.99. The van der Waals surface area contributed by atoms with Crippen LogP contribution < -0.4 is 5.32 Å². The van der Waals surface area contributed by atoms with E-state index in [1.165, 1.54) is 12.6 Å². The van der Waals surface area contributed by atoms with Crippen molar-refractivity contribution >= 4 is 26.9 Å². The fourth-order valence-electron chi connectivity index (χ4n) is 3.28. The Kier molecular flexibility index (Phi) is 4.69. The van der Waals surface area contributed by atoms with Crippen molar-refractivity contribution in [1.29, 1.82) is 0 Å². The highest BCUT2D eigenvalue weighted by Gasteiger charge is 2.25.